The SMILES string of the molecule is Cn1nccc1/C=C1/C[C@H]2[C@@H]3CC[C@H]4CCCC[C@]4(C)[C@H]3CC[C@]2(C)C1=O. The van der Waals surface area contributed by atoms with E-state index in [1.807, 2.05) is 24.0 Å². The molecule has 4 aliphatic carbocycles. The zero-order valence-electron chi connectivity index (χ0n) is 17.2. The lowest BCUT2D eigenvalue weighted by Crippen LogP contribution is -2.52. The van der Waals surface area contributed by atoms with Gasteiger partial charge in [-0.15, -0.1) is 0 Å². The molecule has 0 aliphatic heterocycles. The van der Waals surface area contributed by atoms with Crippen molar-refractivity contribution >= 4 is 11.9 Å². The van der Waals surface area contributed by atoms with Gasteiger partial charge in [-0.3, -0.25) is 9.48 Å². The summed E-state index contributed by atoms with van der Waals surface area (Å²) in [7, 11) is 1.96. The van der Waals surface area contributed by atoms with E-state index < -0.39 is 0 Å². The molecule has 3 nitrogen and oxygen atoms in total. The fraction of sp³-hybridized carbons (Fsp3) is 0.750. The largest absolute Gasteiger partial charge is 0.294 e. The van der Waals surface area contributed by atoms with E-state index in [1.54, 1.807) is 0 Å². The summed E-state index contributed by atoms with van der Waals surface area (Å²) in [6.07, 6.45) is 15.8. The normalized spacial score (nSPS) is 45.4. The molecule has 0 saturated heterocycles. The molecular formula is C24H34N2O. The van der Waals surface area contributed by atoms with E-state index in [9.17, 15) is 4.79 Å². The van der Waals surface area contributed by atoms with Crippen molar-refractivity contribution in [1.29, 1.82) is 0 Å². The van der Waals surface area contributed by atoms with Crippen LogP contribution in [0.15, 0.2) is 17.8 Å². The Balaban J connectivity index is 1.48. The lowest BCUT2D eigenvalue weighted by Gasteiger charge is -2.59. The van der Waals surface area contributed by atoms with Crippen LogP contribution in [0.25, 0.3) is 6.08 Å². The van der Waals surface area contributed by atoms with Crippen molar-refractivity contribution in [1.82, 2.24) is 9.78 Å². The van der Waals surface area contributed by atoms with Crippen LogP contribution in [0.5, 0.6) is 0 Å². The Kier molecular flexibility index (Phi) is 3.97. The van der Waals surface area contributed by atoms with Crippen LogP contribution in [0.1, 0.15) is 77.3 Å². The summed E-state index contributed by atoms with van der Waals surface area (Å²) in [6, 6.07) is 2.02. The van der Waals surface area contributed by atoms with E-state index >= 15 is 0 Å². The average molecular weight is 367 g/mol. The molecule has 6 atom stereocenters. The second-order valence-corrected chi connectivity index (χ2v) is 10.4. The summed E-state index contributed by atoms with van der Waals surface area (Å²) in [5.41, 5.74) is 2.53. The third kappa shape index (κ3) is 2.46. The minimum atomic E-state index is -0.122. The molecule has 0 aromatic carbocycles. The molecule has 0 spiro atoms. The number of rotatable bonds is 1. The number of hydrogen-bond acceptors (Lipinski definition) is 2. The van der Waals surface area contributed by atoms with Gasteiger partial charge in [0, 0.05) is 18.7 Å². The maximum absolute atomic E-state index is 13.4. The van der Waals surface area contributed by atoms with Crippen LogP contribution in [-0.2, 0) is 11.8 Å². The Hall–Kier alpha value is -1.38. The second kappa shape index (κ2) is 6.06. The molecule has 3 heteroatoms. The third-order valence-electron chi connectivity index (χ3n) is 9.40. The molecule has 1 heterocycles. The van der Waals surface area contributed by atoms with Crippen LogP contribution < -0.4 is 0 Å². The van der Waals surface area contributed by atoms with Gasteiger partial charge in [-0.1, -0.05) is 26.7 Å². The first-order valence-corrected chi connectivity index (χ1v) is 11.2. The Morgan fingerprint density at radius 3 is 2.74 bits per heavy atom. The first-order valence-electron chi connectivity index (χ1n) is 11.2. The highest BCUT2D eigenvalue weighted by molar-refractivity contribution is 6.05. The van der Waals surface area contributed by atoms with Crippen molar-refractivity contribution in [3.63, 3.8) is 0 Å². The standard InChI is InChI=1S/C24H34N2O/c1-23-11-5-4-6-17(23)7-8-19-20(23)9-12-24(2)21(19)15-16(22(24)27)14-18-10-13-25-26(18)3/h10,13-14,17,19-21H,4-9,11-12,15H2,1-3H3/b16-14-/t17-,19-,20+,21+,23+,24+/m1/s1. The fourth-order valence-corrected chi connectivity index (χ4v) is 7.80. The number of allylic oxidation sites excluding steroid dienone is 1. The number of ketones is 1. The monoisotopic (exact) mass is 366 g/mol. The first kappa shape index (κ1) is 17.7. The summed E-state index contributed by atoms with van der Waals surface area (Å²) in [5, 5.41) is 4.27. The Morgan fingerprint density at radius 1 is 1.11 bits per heavy atom. The quantitative estimate of drug-likeness (QED) is 0.622. The first-order chi connectivity index (χ1) is 12.9. The van der Waals surface area contributed by atoms with Gasteiger partial charge >= 0.3 is 0 Å². The minimum absolute atomic E-state index is 0.122. The van der Waals surface area contributed by atoms with Crippen molar-refractivity contribution in [3.05, 3.63) is 23.5 Å². The molecule has 1 aromatic rings. The number of fused-ring (bicyclic) bond motifs is 5. The van der Waals surface area contributed by atoms with E-state index in [-0.39, 0.29) is 5.41 Å². The molecule has 5 rings (SSSR count). The van der Waals surface area contributed by atoms with Gasteiger partial charge in [-0.2, -0.15) is 5.10 Å². The molecule has 0 N–H and O–H groups in total. The molecule has 0 unspecified atom stereocenters. The minimum Gasteiger partial charge on any atom is -0.294 e. The van der Waals surface area contributed by atoms with Crippen LogP contribution in [0, 0.1) is 34.5 Å². The molecule has 0 bridgehead atoms. The highest BCUT2D eigenvalue weighted by atomic mass is 16.1. The predicted octanol–water partition coefficient (Wildman–Crippen LogP) is 5.42. The number of carbonyl (C=O) groups is 1. The van der Waals surface area contributed by atoms with Crippen molar-refractivity contribution in [2.24, 2.45) is 41.5 Å². The van der Waals surface area contributed by atoms with Gasteiger partial charge in [0.05, 0.1) is 5.69 Å². The Labute approximate surface area is 163 Å². The molecule has 4 saturated carbocycles. The fourth-order valence-electron chi connectivity index (χ4n) is 7.80. The second-order valence-electron chi connectivity index (χ2n) is 10.4. The summed E-state index contributed by atoms with van der Waals surface area (Å²) in [6.45, 7) is 4.90. The molecule has 146 valence electrons. The number of carbonyl (C=O) groups excluding carboxylic acids is 1. The van der Waals surface area contributed by atoms with Crippen molar-refractivity contribution in [2.75, 3.05) is 0 Å². The van der Waals surface area contributed by atoms with Crippen molar-refractivity contribution in [2.45, 2.75) is 71.6 Å². The lowest BCUT2D eigenvalue weighted by atomic mass is 9.45. The van der Waals surface area contributed by atoms with Gasteiger partial charge < -0.3 is 0 Å². The number of hydrogen-bond donors (Lipinski definition) is 0. The predicted molar refractivity (Wildman–Crippen MR) is 108 cm³/mol. The zero-order valence-corrected chi connectivity index (χ0v) is 17.2. The molecular weight excluding hydrogens is 332 g/mol. The molecule has 4 fully saturated rings. The average Bonchev–Trinajstić information content (AvgIpc) is 3.17. The van der Waals surface area contributed by atoms with Gasteiger partial charge in [0.1, 0.15) is 0 Å². The smallest absolute Gasteiger partial charge is 0.165 e. The van der Waals surface area contributed by atoms with E-state index in [4.69, 9.17) is 0 Å². The zero-order chi connectivity index (χ0) is 18.8. The van der Waals surface area contributed by atoms with Crippen molar-refractivity contribution < 1.29 is 4.79 Å². The van der Waals surface area contributed by atoms with Crippen LogP contribution >= 0.6 is 0 Å². The van der Waals surface area contributed by atoms with E-state index in [2.05, 4.69) is 25.0 Å². The molecule has 0 radical (unpaired) electrons. The molecule has 1 aromatic heterocycles. The molecule has 0 amide bonds. The topological polar surface area (TPSA) is 34.9 Å². The lowest BCUT2D eigenvalue weighted by molar-refractivity contribution is -0.137. The van der Waals surface area contributed by atoms with Gasteiger partial charge in [0.15, 0.2) is 5.78 Å². The van der Waals surface area contributed by atoms with Gasteiger partial charge in [-0.25, -0.2) is 0 Å². The highest BCUT2D eigenvalue weighted by Gasteiger charge is 2.60. The Bertz CT molecular complexity index is 792. The summed E-state index contributed by atoms with van der Waals surface area (Å²) in [5.74, 6) is 3.53. The third-order valence-corrected chi connectivity index (χ3v) is 9.40. The molecule has 4 aliphatic rings. The summed E-state index contributed by atoms with van der Waals surface area (Å²) in [4.78, 5) is 13.4. The number of aryl methyl sites for hydroxylation is 1. The number of aromatic nitrogens is 2. The van der Waals surface area contributed by atoms with Crippen molar-refractivity contribution in [3.8, 4) is 0 Å². The van der Waals surface area contributed by atoms with Crippen LogP contribution in [-0.4, -0.2) is 15.6 Å². The van der Waals surface area contributed by atoms with Gasteiger partial charge in [0.2, 0.25) is 0 Å². The maximum Gasteiger partial charge on any atom is 0.165 e. The van der Waals surface area contributed by atoms with E-state index in [1.165, 1.54) is 44.9 Å². The Morgan fingerprint density at radius 2 is 1.96 bits per heavy atom. The summed E-state index contributed by atoms with van der Waals surface area (Å²) < 4.78 is 1.88. The highest BCUT2D eigenvalue weighted by Crippen LogP contribution is 2.66. The number of Topliss-reactive ketones (excluding diaryl/α,β-unsaturated/α-hetero) is 1. The van der Waals surface area contributed by atoms with Gasteiger partial charge in [-0.05, 0) is 91.7 Å². The number of nitrogens with zero attached hydrogens (tertiary/aromatic N) is 2. The summed E-state index contributed by atoms with van der Waals surface area (Å²) >= 11 is 0. The van der Waals surface area contributed by atoms with E-state index in [0.717, 1.165) is 41.9 Å². The van der Waals surface area contributed by atoms with Crippen LogP contribution in [0.2, 0.25) is 0 Å². The maximum atomic E-state index is 13.4. The van der Waals surface area contributed by atoms with Gasteiger partial charge in [0.25, 0.3) is 0 Å². The molecule has 27 heavy (non-hydrogen) atoms. The van der Waals surface area contributed by atoms with Crippen LogP contribution in [0.4, 0.5) is 0 Å². The van der Waals surface area contributed by atoms with Crippen LogP contribution in [0.3, 0.4) is 0 Å². The van der Waals surface area contributed by atoms with E-state index in [0.29, 0.717) is 17.1 Å².